The van der Waals surface area contributed by atoms with E-state index in [1.54, 1.807) is 9.80 Å². The van der Waals surface area contributed by atoms with Crippen LogP contribution in [0.5, 0.6) is 0 Å². The van der Waals surface area contributed by atoms with E-state index in [0.717, 1.165) is 5.56 Å². The number of piperazine rings is 1. The van der Waals surface area contributed by atoms with Crippen molar-refractivity contribution in [2.45, 2.75) is 90.8 Å². The lowest BCUT2D eigenvalue weighted by molar-refractivity contribution is -0.133. The van der Waals surface area contributed by atoms with Gasteiger partial charge in [-0.15, -0.1) is 0 Å². The first-order chi connectivity index (χ1) is 17.6. The van der Waals surface area contributed by atoms with Crippen molar-refractivity contribution in [2.24, 2.45) is 0 Å². The molecule has 1 aromatic rings. The Morgan fingerprint density at radius 3 is 2.08 bits per heavy atom. The Balaban J connectivity index is 1.91. The summed E-state index contributed by atoms with van der Waals surface area (Å²) in [6, 6.07) is 9.13. The molecule has 2 rings (SSSR count). The highest BCUT2D eigenvalue weighted by atomic mass is 28.4. The van der Waals surface area contributed by atoms with Gasteiger partial charge in [-0.25, -0.2) is 9.59 Å². The quantitative estimate of drug-likeness (QED) is 0.427. The van der Waals surface area contributed by atoms with Crippen LogP contribution in [-0.4, -0.2) is 80.6 Å². The monoisotopic (exact) mass is 549 g/mol. The van der Waals surface area contributed by atoms with Gasteiger partial charge in [-0.1, -0.05) is 51.1 Å². The summed E-state index contributed by atoms with van der Waals surface area (Å²) in [5, 5.41) is 2.93. The Bertz CT molecular complexity index is 919. The maximum atomic E-state index is 13.0. The summed E-state index contributed by atoms with van der Waals surface area (Å²) in [5.41, 5.74) is 0.346. The largest absolute Gasteiger partial charge is 0.445 e. The van der Waals surface area contributed by atoms with E-state index in [1.807, 2.05) is 51.1 Å². The van der Waals surface area contributed by atoms with Gasteiger partial charge in [-0.2, -0.15) is 0 Å². The summed E-state index contributed by atoms with van der Waals surface area (Å²) in [6.07, 6.45) is -0.196. The third-order valence-corrected chi connectivity index (χ3v) is 11.5. The lowest BCUT2D eigenvalue weighted by atomic mass is 10.1. The van der Waals surface area contributed by atoms with Gasteiger partial charge in [0.1, 0.15) is 12.2 Å². The summed E-state index contributed by atoms with van der Waals surface area (Å²) in [7, 11) is -2.05. The molecule has 0 radical (unpaired) electrons. The normalized spacial score (nSPS) is 15.6. The highest BCUT2D eigenvalue weighted by Gasteiger charge is 2.38. The van der Waals surface area contributed by atoms with E-state index in [1.165, 1.54) is 0 Å². The Morgan fingerprint density at radius 2 is 1.53 bits per heavy atom. The van der Waals surface area contributed by atoms with E-state index in [-0.39, 0.29) is 36.1 Å². The lowest BCUT2D eigenvalue weighted by Gasteiger charge is -2.37. The number of carbonyl (C=O) groups excluding carboxylic acids is 3. The number of ether oxygens (including phenoxy) is 2. The van der Waals surface area contributed by atoms with E-state index in [2.05, 4.69) is 39.2 Å². The number of hydrogen-bond donors (Lipinski definition) is 1. The molecule has 0 spiro atoms. The fraction of sp³-hybridized carbons (Fsp3) is 0.679. The number of carbonyl (C=O) groups is 3. The minimum Gasteiger partial charge on any atom is -0.445 e. The molecule has 1 heterocycles. The number of nitrogens with zero attached hydrogens (tertiary/aromatic N) is 2. The van der Waals surface area contributed by atoms with Gasteiger partial charge in [-0.05, 0) is 50.9 Å². The molecule has 0 saturated carbocycles. The molecule has 1 unspecified atom stereocenters. The zero-order valence-corrected chi connectivity index (χ0v) is 25.5. The van der Waals surface area contributed by atoms with Gasteiger partial charge >= 0.3 is 12.2 Å². The van der Waals surface area contributed by atoms with Gasteiger partial charge in [0.25, 0.3) is 0 Å². The third-order valence-electron chi connectivity index (χ3n) is 6.98. The Hall–Kier alpha value is -2.59. The van der Waals surface area contributed by atoms with Gasteiger partial charge in [0.05, 0.1) is 12.6 Å². The van der Waals surface area contributed by atoms with Crippen LogP contribution in [0.3, 0.4) is 0 Å². The summed E-state index contributed by atoms with van der Waals surface area (Å²) in [4.78, 5) is 41.3. The van der Waals surface area contributed by atoms with Crippen LogP contribution in [0.1, 0.15) is 59.9 Å². The van der Waals surface area contributed by atoms with Crippen LogP contribution in [0.15, 0.2) is 30.3 Å². The first kappa shape index (κ1) is 31.6. The zero-order chi connectivity index (χ0) is 28.6. The molecule has 1 aliphatic rings. The molecule has 1 fully saturated rings. The molecule has 10 heteroatoms. The molecule has 1 N–H and O–H groups in total. The summed E-state index contributed by atoms with van der Waals surface area (Å²) < 4.78 is 17.2. The molecule has 1 saturated heterocycles. The molecular weight excluding hydrogens is 502 g/mol. The van der Waals surface area contributed by atoms with Crippen molar-refractivity contribution in [3.05, 3.63) is 35.9 Å². The van der Waals surface area contributed by atoms with Crippen LogP contribution in [-0.2, 0) is 25.3 Å². The molecule has 3 amide bonds. The van der Waals surface area contributed by atoms with Gasteiger partial charge in [0.2, 0.25) is 5.91 Å². The maximum Gasteiger partial charge on any atom is 0.410 e. The maximum absolute atomic E-state index is 13.0. The molecule has 1 atom stereocenters. The van der Waals surface area contributed by atoms with Crippen molar-refractivity contribution < 1.29 is 28.3 Å². The third kappa shape index (κ3) is 10.6. The predicted octanol–water partition coefficient (Wildman–Crippen LogP) is 5.16. The van der Waals surface area contributed by atoms with Gasteiger partial charge in [0, 0.05) is 32.6 Å². The van der Waals surface area contributed by atoms with Crippen molar-refractivity contribution in [3.8, 4) is 0 Å². The van der Waals surface area contributed by atoms with E-state index in [4.69, 9.17) is 13.9 Å². The minimum absolute atomic E-state index is 0.00869. The van der Waals surface area contributed by atoms with E-state index in [9.17, 15) is 14.4 Å². The van der Waals surface area contributed by atoms with Gasteiger partial charge in [0.15, 0.2) is 8.32 Å². The van der Waals surface area contributed by atoms with Crippen molar-refractivity contribution in [2.75, 3.05) is 32.8 Å². The lowest BCUT2D eigenvalue weighted by Crippen LogP contribution is -2.52. The Kier molecular flexibility index (Phi) is 11.2. The molecule has 9 nitrogen and oxygen atoms in total. The molecule has 0 aromatic heterocycles. The van der Waals surface area contributed by atoms with Crippen LogP contribution in [0.25, 0.3) is 0 Å². The molecule has 1 aliphatic heterocycles. The fourth-order valence-electron chi connectivity index (χ4n) is 3.57. The van der Waals surface area contributed by atoms with E-state index >= 15 is 0 Å². The summed E-state index contributed by atoms with van der Waals surface area (Å²) in [5.74, 6) is -0.00869. The number of amides is 3. The van der Waals surface area contributed by atoms with Gasteiger partial charge < -0.3 is 29.0 Å². The SMILES string of the molecule is CC(C)(C)OC(=O)N1CCN(C(=O)CCC(CO[Si](C)(C)C(C)(C)C)NC(=O)OCc2ccccc2)CC1. The van der Waals surface area contributed by atoms with Crippen LogP contribution in [0.2, 0.25) is 18.1 Å². The van der Waals surface area contributed by atoms with Crippen LogP contribution >= 0.6 is 0 Å². The van der Waals surface area contributed by atoms with Crippen LogP contribution in [0.4, 0.5) is 9.59 Å². The summed E-state index contributed by atoms with van der Waals surface area (Å²) in [6.45, 7) is 18.6. The second kappa shape index (κ2) is 13.5. The first-order valence-corrected chi connectivity index (χ1v) is 16.3. The number of rotatable bonds is 9. The minimum atomic E-state index is -2.05. The molecule has 0 aliphatic carbocycles. The van der Waals surface area contributed by atoms with Crippen molar-refractivity contribution in [3.63, 3.8) is 0 Å². The second-order valence-corrected chi connectivity index (χ2v) is 17.2. The smallest absolute Gasteiger partial charge is 0.410 e. The topological polar surface area (TPSA) is 97.4 Å². The number of hydrogen-bond acceptors (Lipinski definition) is 6. The van der Waals surface area contributed by atoms with Crippen LogP contribution < -0.4 is 5.32 Å². The Morgan fingerprint density at radius 1 is 0.947 bits per heavy atom. The highest BCUT2D eigenvalue weighted by Crippen LogP contribution is 2.36. The standard InChI is InChI=1S/C28H47N3O6Si/c1-27(2,3)37-26(34)31-18-16-30(17-19-31)24(32)15-14-23(21-36-38(7,8)28(4,5)6)29-25(33)35-20-22-12-10-9-11-13-22/h9-13,23H,14-21H2,1-8H3,(H,29,33). The molecule has 214 valence electrons. The molecular formula is C28H47N3O6Si. The number of benzene rings is 1. The fourth-order valence-corrected chi connectivity index (χ4v) is 4.63. The zero-order valence-electron chi connectivity index (χ0n) is 24.5. The van der Waals surface area contributed by atoms with Crippen LogP contribution in [0, 0.1) is 0 Å². The second-order valence-electron chi connectivity index (χ2n) is 12.4. The average Bonchev–Trinajstić information content (AvgIpc) is 2.83. The first-order valence-electron chi connectivity index (χ1n) is 13.4. The van der Waals surface area contributed by atoms with Gasteiger partial charge in [-0.3, -0.25) is 4.79 Å². The molecule has 1 aromatic carbocycles. The van der Waals surface area contributed by atoms with Crippen molar-refractivity contribution >= 4 is 26.4 Å². The molecule has 0 bridgehead atoms. The average molecular weight is 550 g/mol. The highest BCUT2D eigenvalue weighted by molar-refractivity contribution is 6.74. The predicted molar refractivity (Wildman–Crippen MR) is 150 cm³/mol. The van der Waals surface area contributed by atoms with E-state index in [0.29, 0.717) is 39.2 Å². The van der Waals surface area contributed by atoms with Crippen molar-refractivity contribution in [1.82, 2.24) is 15.1 Å². The molecule has 38 heavy (non-hydrogen) atoms. The summed E-state index contributed by atoms with van der Waals surface area (Å²) >= 11 is 0. The Labute approximate surface area is 229 Å². The van der Waals surface area contributed by atoms with Crippen molar-refractivity contribution in [1.29, 1.82) is 0 Å². The number of alkyl carbamates (subject to hydrolysis) is 1. The van der Waals surface area contributed by atoms with E-state index < -0.39 is 20.0 Å². The number of nitrogens with one attached hydrogen (secondary N) is 1.